The molecule has 4 nitrogen and oxygen atoms in total. The molecule has 1 aliphatic carbocycles. The Hall–Kier alpha value is -0.160. The number of ether oxygens (including phenoxy) is 2. The van der Waals surface area contributed by atoms with Crippen LogP contribution in [0, 0.1) is 0 Å². The highest BCUT2D eigenvalue weighted by molar-refractivity contribution is 4.86. The van der Waals surface area contributed by atoms with E-state index in [-0.39, 0.29) is 12.7 Å². The molecule has 13 heavy (non-hydrogen) atoms. The molecule has 0 unspecified atom stereocenters. The number of aliphatic hydroxyl groups is 2. The lowest BCUT2D eigenvalue weighted by Crippen LogP contribution is -2.34. The van der Waals surface area contributed by atoms with Crippen molar-refractivity contribution in [1.29, 1.82) is 0 Å². The van der Waals surface area contributed by atoms with Crippen molar-refractivity contribution in [2.75, 3.05) is 13.2 Å². The lowest BCUT2D eigenvalue weighted by molar-refractivity contribution is -0.174. The third-order valence-corrected chi connectivity index (χ3v) is 2.86. The molecule has 0 aromatic carbocycles. The molecule has 1 heterocycles. The van der Waals surface area contributed by atoms with E-state index < -0.39 is 11.9 Å². The molecule has 2 atom stereocenters. The minimum absolute atomic E-state index is 0.260. The molecule has 76 valence electrons. The van der Waals surface area contributed by atoms with Crippen LogP contribution in [0.25, 0.3) is 0 Å². The van der Waals surface area contributed by atoms with Crippen LogP contribution < -0.4 is 0 Å². The summed E-state index contributed by atoms with van der Waals surface area (Å²) in [5.74, 6) is -0.430. The molecule has 0 aromatic rings. The van der Waals surface area contributed by atoms with Crippen molar-refractivity contribution in [3.8, 4) is 0 Å². The van der Waals surface area contributed by atoms with Crippen LogP contribution in [0.4, 0.5) is 0 Å². The lowest BCUT2D eigenvalue weighted by Gasteiger charge is -2.22. The van der Waals surface area contributed by atoms with Gasteiger partial charge in [-0.15, -0.1) is 0 Å². The van der Waals surface area contributed by atoms with E-state index in [4.69, 9.17) is 14.6 Å². The van der Waals surface area contributed by atoms with Crippen LogP contribution in [0.15, 0.2) is 0 Å². The Labute approximate surface area is 77.5 Å². The van der Waals surface area contributed by atoms with Gasteiger partial charge in [0.05, 0.1) is 13.2 Å². The number of hydrogen-bond donors (Lipinski definition) is 2. The van der Waals surface area contributed by atoms with Gasteiger partial charge in [0.2, 0.25) is 0 Å². The van der Waals surface area contributed by atoms with E-state index in [1.165, 1.54) is 0 Å². The average molecular weight is 188 g/mol. The molecule has 2 N–H and O–H groups in total. The Morgan fingerprint density at radius 3 is 2.69 bits per heavy atom. The predicted octanol–water partition coefficient (Wildman–Crippen LogP) is 0.0253. The van der Waals surface area contributed by atoms with E-state index in [2.05, 4.69) is 0 Å². The van der Waals surface area contributed by atoms with Gasteiger partial charge < -0.3 is 19.7 Å². The summed E-state index contributed by atoms with van der Waals surface area (Å²) in [6.07, 6.45) is 2.94. The van der Waals surface area contributed by atoms with Gasteiger partial charge >= 0.3 is 0 Å². The highest BCUT2D eigenvalue weighted by atomic mass is 16.7. The zero-order valence-electron chi connectivity index (χ0n) is 7.61. The molecule has 2 fully saturated rings. The largest absolute Gasteiger partial charge is 0.394 e. The Balaban J connectivity index is 1.93. The summed E-state index contributed by atoms with van der Waals surface area (Å²) < 4.78 is 11.2. The van der Waals surface area contributed by atoms with Crippen LogP contribution >= 0.6 is 0 Å². The van der Waals surface area contributed by atoms with Gasteiger partial charge in [0.25, 0.3) is 0 Å². The van der Waals surface area contributed by atoms with Gasteiger partial charge in [0, 0.05) is 12.8 Å². The maximum Gasteiger partial charge on any atom is 0.169 e. The van der Waals surface area contributed by atoms with E-state index in [1.54, 1.807) is 0 Å². The van der Waals surface area contributed by atoms with E-state index in [0.29, 0.717) is 6.61 Å². The SMILES string of the molecule is OC[C@@H](O)[C@@H]1COC2(CCCC2)O1. The van der Waals surface area contributed by atoms with Crippen LogP contribution in [0.5, 0.6) is 0 Å². The van der Waals surface area contributed by atoms with Crippen LogP contribution in [0.2, 0.25) is 0 Å². The van der Waals surface area contributed by atoms with Gasteiger partial charge in [-0.25, -0.2) is 0 Å². The second kappa shape index (κ2) is 3.53. The minimum atomic E-state index is -0.806. The van der Waals surface area contributed by atoms with Crippen molar-refractivity contribution >= 4 is 0 Å². The number of hydrogen-bond acceptors (Lipinski definition) is 4. The molecule has 4 heteroatoms. The summed E-state index contributed by atoms with van der Waals surface area (Å²) in [6.45, 7) is 0.145. The van der Waals surface area contributed by atoms with Crippen molar-refractivity contribution in [2.24, 2.45) is 0 Å². The molecule has 0 radical (unpaired) electrons. The standard InChI is InChI=1S/C9H16O4/c10-5-7(11)8-6-12-9(13-8)3-1-2-4-9/h7-8,10-11H,1-6H2/t7-,8+/m1/s1. The summed E-state index contributed by atoms with van der Waals surface area (Å²) in [4.78, 5) is 0. The summed E-state index contributed by atoms with van der Waals surface area (Å²) >= 11 is 0. The highest BCUT2D eigenvalue weighted by Crippen LogP contribution is 2.39. The maximum absolute atomic E-state index is 9.35. The van der Waals surface area contributed by atoms with E-state index >= 15 is 0 Å². The number of rotatable bonds is 2. The second-order valence-corrected chi connectivity index (χ2v) is 3.84. The molecule has 2 rings (SSSR count). The van der Waals surface area contributed by atoms with Crippen molar-refractivity contribution in [1.82, 2.24) is 0 Å². The number of aliphatic hydroxyl groups excluding tert-OH is 2. The molecular formula is C9H16O4. The van der Waals surface area contributed by atoms with Gasteiger partial charge in [-0.1, -0.05) is 0 Å². The lowest BCUT2D eigenvalue weighted by atomic mass is 10.2. The van der Waals surface area contributed by atoms with Gasteiger partial charge in [-0.2, -0.15) is 0 Å². The third-order valence-electron chi connectivity index (χ3n) is 2.86. The first kappa shape index (κ1) is 9.40. The summed E-state index contributed by atoms with van der Waals surface area (Å²) in [7, 11) is 0. The van der Waals surface area contributed by atoms with Crippen molar-refractivity contribution in [3.63, 3.8) is 0 Å². The quantitative estimate of drug-likeness (QED) is 0.641. The van der Waals surface area contributed by atoms with Crippen LogP contribution in [0.1, 0.15) is 25.7 Å². The normalized spacial score (nSPS) is 34.2. The first-order valence-electron chi connectivity index (χ1n) is 4.86. The molecule has 0 bridgehead atoms. The smallest absolute Gasteiger partial charge is 0.169 e. The van der Waals surface area contributed by atoms with Gasteiger partial charge in [0.15, 0.2) is 5.79 Å². The van der Waals surface area contributed by atoms with E-state index in [0.717, 1.165) is 25.7 Å². The molecule has 0 aromatic heterocycles. The van der Waals surface area contributed by atoms with Crippen molar-refractivity contribution < 1.29 is 19.7 Å². The predicted molar refractivity (Wildman–Crippen MR) is 45.1 cm³/mol. The highest BCUT2D eigenvalue weighted by Gasteiger charge is 2.45. The van der Waals surface area contributed by atoms with Gasteiger partial charge in [-0.3, -0.25) is 0 Å². The van der Waals surface area contributed by atoms with Crippen LogP contribution in [-0.4, -0.2) is 41.4 Å². The topological polar surface area (TPSA) is 58.9 Å². The van der Waals surface area contributed by atoms with E-state index in [9.17, 15) is 5.11 Å². The zero-order chi connectivity index (χ0) is 9.31. The average Bonchev–Trinajstić information content (AvgIpc) is 2.76. The van der Waals surface area contributed by atoms with Gasteiger partial charge in [-0.05, 0) is 12.8 Å². The molecule has 1 saturated carbocycles. The van der Waals surface area contributed by atoms with Crippen LogP contribution in [0.3, 0.4) is 0 Å². The summed E-state index contributed by atoms with van der Waals surface area (Å²) in [5.41, 5.74) is 0. The fraction of sp³-hybridized carbons (Fsp3) is 1.00. The fourth-order valence-corrected chi connectivity index (χ4v) is 2.06. The molecular weight excluding hydrogens is 172 g/mol. The molecule has 1 spiro atoms. The van der Waals surface area contributed by atoms with Gasteiger partial charge in [0.1, 0.15) is 12.2 Å². The van der Waals surface area contributed by atoms with Crippen LogP contribution in [-0.2, 0) is 9.47 Å². The Morgan fingerprint density at radius 2 is 2.08 bits per heavy atom. The maximum atomic E-state index is 9.35. The Morgan fingerprint density at radius 1 is 1.38 bits per heavy atom. The molecule has 1 aliphatic heterocycles. The second-order valence-electron chi connectivity index (χ2n) is 3.84. The Bertz CT molecular complexity index is 176. The molecule has 0 amide bonds. The van der Waals surface area contributed by atoms with Crippen molar-refractivity contribution in [2.45, 2.75) is 43.7 Å². The minimum Gasteiger partial charge on any atom is -0.394 e. The van der Waals surface area contributed by atoms with Crippen molar-refractivity contribution in [3.05, 3.63) is 0 Å². The molecule has 1 saturated heterocycles. The summed E-state index contributed by atoms with van der Waals surface area (Å²) in [5, 5.41) is 18.1. The fourth-order valence-electron chi connectivity index (χ4n) is 2.06. The summed E-state index contributed by atoms with van der Waals surface area (Å²) in [6, 6.07) is 0. The zero-order valence-corrected chi connectivity index (χ0v) is 7.61. The Kier molecular flexibility index (Phi) is 2.55. The monoisotopic (exact) mass is 188 g/mol. The van der Waals surface area contributed by atoms with E-state index in [1.807, 2.05) is 0 Å². The first-order chi connectivity index (χ1) is 6.26. The first-order valence-corrected chi connectivity index (χ1v) is 4.86. The third kappa shape index (κ3) is 1.72. The molecule has 2 aliphatic rings.